The van der Waals surface area contributed by atoms with Gasteiger partial charge in [-0.25, -0.2) is 0 Å². The first-order valence-corrected chi connectivity index (χ1v) is 6.51. The smallest absolute Gasteiger partial charge is 0.0759 e. The molecule has 1 heterocycles. The van der Waals surface area contributed by atoms with Crippen molar-refractivity contribution >= 4 is 11.4 Å². The third-order valence-corrected chi connectivity index (χ3v) is 3.31. The summed E-state index contributed by atoms with van der Waals surface area (Å²) in [5.41, 5.74) is 11.9. The summed E-state index contributed by atoms with van der Waals surface area (Å²) in [6.07, 6.45) is 2.95. The van der Waals surface area contributed by atoms with Crippen molar-refractivity contribution < 1.29 is 0 Å². The Hall–Kier alpha value is -1.48. The summed E-state index contributed by atoms with van der Waals surface area (Å²) in [5, 5.41) is 8.31. The maximum Gasteiger partial charge on any atom is 0.0759 e. The average Bonchev–Trinajstić information content (AvgIpc) is 2.74. The van der Waals surface area contributed by atoms with E-state index < -0.39 is 0 Å². The topological polar surface area (TPSA) is 50.7 Å². The zero-order valence-electron chi connectivity index (χ0n) is 11.4. The Morgan fingerprint density at radius 1 is 1.28 bits per heavy atom. The first-order chi connectivity index (χ1) is 8.56. The van der Waals surface area contributed by atoms with Gasteiger partial charge in [0.2, 0.25) is 0 Å². The fraction of sp³-hybridized carbons (Fsp3) is 0.467. The van der Waals surface area contributed by atoms with Crippen LogP contribution in [0.4, 0.5) is 0 Å². The summed E-state index contributed by atoms with van der Waals surface area (Å²) in [6.45, 7) is 6.22. The van der Waals surface area contributed by atoms with Crippen molar-refractivity contribution in [3.63, 3.8) is 0 Å². The third kappa shape index (κ3) is 3.05. The van der Waals surface area contributed by atoms with Gasteiger partial charge >= 0.3 is 0 Å². The molecule has 0 radical (unpaired) electrons. The molecule has 1 atom stereocenters. The molecule has 3 nitrogen and oxygen atoms in total. The quantitative estimate of drug-likeness (QED) is 0.868. The van der Waals surface area contributed by atoms with Crippen molar-refractivity contribution in [2.24, 2.45) is 15.9 Å². The lowest BCUT2D eigenvalue weighted by Gasteiger charge is -2.10. The predicted molar refractivity (Wildman–Crippen MR) is 77.4 cm³/mol. The lowest BCUT2D eigenvalue weighted by atomic mass is 9.97. The maximum atomic E-state index is 5.80. The van der Waals surface area contributed by atoms with Crippen molar-refractivity contribution in [2.75, 3.05) is 0 Å². The summed E-state index contributed by atoms with van der Waals surface area (Å²) < 4.78 is 0. The molecule has 0 aromatic heterocycles. The number of hydrogen-bond donors (Lipinski definition) is 1. The molecule has 1 aliphatic rings. The van der Waals surface area contributed by atoms with E-state index in [1.807, 2.05) is 6.92 Å². The molecule has 2 N–H and O–H groups in total. The van der Waals surface area contributed by atoms with E-state index in [4.69, 9.17) is 5.73 Å². The van der Waals surface area contributed by atoms with E-state index in [1.165, 1.54) is 16.7 Å². The zero-order valence-corrected chi connectivity index (χ0v) is 11.4. The Bertz CT molecular complexity index is 498. The number of aryl methyl sites for hydroxylation is 2. The van der Waals surface area contributed by atoms with Gasteiger partial charge in [0.05, 0.1) is 5.71 Å². The van der Waals surface area contributed by atoms with Crippen molar-refractivity contribution in [3.05, 3.63) is 34.9 Å². The van der Waals surface area contributed by atoms with Gasteiger partial charge in [0.1, 0.15) is 0 Å². The van der Waals surface area contributed by atoms with Gasteiger partial charge in [-0.05, 0) is 56.4 Å². The number of hydrogen-bond acceptors (Lipinski definition) is 3. The second-order valence-electron chi connectivity index (χ2n) is 5.22. The molecule has 96 valence electrons. The highest BCUT2D eigenvalue weighted by molar-refractivity contribution is 6.14. The van der Waals surface area contributed by atoms with Crippen molar-refractivity contribution in [3.8, 4) is 0 Å². The molecular formula is C15H21N3. The minimum Gasteiger partial charge on any atom is -0.328 e. The van der Waals surface area contributed by atoms with Crippen molar-refractivity contribution in [1.29, 1.82) is 0 Å². The molecule has 0 aliphatic carbocycles. The number of nitrogens with two attached hydrogens (primary N) is 1. The zero-order chi connectivity index (χ0) is 13.1. The number of rotatable bonds is 4. The molecule has 0 saturated heterocycles. The van der Waals surface area contributed by atoms with Crippen LogP contribution >= 0.6 is 0 Å². The van der Waals surface area contributed by atoms with Gasteiger partial charge in [-0.15, -0.1) is 0 Å². The van der Waals surface area contributed by atoms with E-state index in [1.54, 1.807) is 0 Å². The van der Waals surface area contributed by atoms with Gasteiger partial charge in [0.25, 0.3) is 0 Å². The molecule has 1 aromatic carbocycles. The summed E-state index contributed by atoms with van der Waals surface area (Å²) in [5.74, 6) is 0. The van der Waals surface area contributed by atoms with Crippen LogP contribution in [0.1, 0.15) is 43.4 Å². The highest BCUT2D eigenvalue weighted by Gasteiger charge is 2.12. The van der Waals surface area contributed by atoms with Crippen molar-refractivity contribution in [2.45, 2.75) is 46.1 Å². The average molecular weight is 243 g/mol. The van der Waals surface area contributed by atoms with E-state index >= 15 is 0 Å². The fourth-order valence-corrected chi connectivity index (χ4v) is 2.16. The molecule has 2 rings (SSSR count). The second-order valence-corrected chi connectivity index (χ2v) is 5.22. The predicted octanol–water partition coefficient (Wildman–Crippen LogP) is 2.84. The SMILES string of the molecule is CC1=NN=C(c2ccc(CCC(C)N)c(C)c2)C1. The molecule has 0 bridgehead atoms. The van der Waals surface area contributed by atoms with Gasteiger partial charge in [-0.3, -0.25) is 0 Å². The van der Waals surface area contributed by atoms with Crippen LogP contribution in [-0.2, 0) is 6.42 Å². The van der Waals surface area contributed by atoms with E-state index in [2.05, 4.69) is 42.2 Å². The van der Waals surface area contributed by atoms with E-state index in [0.717, 1.165) is 30.7 Å². The molecule has 0 spiro atoms. The van der Waals surface area contributed by atoms with Crippen LogP contribution in [-0.4, -0.2) is 17.5 Å². The lowest BCUT2D eigenvalue weighted by molar-refractivity contribution is 0.664. The highest BCUT2D eigenvalue weighted by atomic mass is 15.2. The lowest BCUT2D eigenvalue weighted by Crippen LogP contribution is -2.15. The highest BCUT2D eigenvalue weighted by Crippen LogP contribution is 2.17. The first kappa shape index (κ1) is 13.0. The minimum absolute atomic E-state index is 0.263. The molecule has 0 amide bonds. The number of nitrogens with zero attached hydrogens (tertiary/aromatic N) is 2. The molecular weight excluding hydrogens is 222 g/mol. The van der Waals surface area contributed by atoms with Crippen LogP contribution < -0.4 is 5.73 Å². The Balaban J connectivity index is 2.11. The first-order valence-electron chi connectivity index (χ1n) is 6.51. The third-order valence-electron chi connectivity index (χ3n) is 3.31. The van der Waals surface area contributed by atoms with E-state index in [0.29, 0.717) is 0 Å². The van der Waals surface area contributed by atoms with Gasteiger partial charge in [-0.2, -0.15) is 10.2 Å². The van der Waals surface area contributed by atoms with Crippen LogP contribution in [0, 0.1) is 6.92 Å². The van der Waals surface area contributed by atoms with Gasteiger partial charge in [0.15, 0.2) is 0 Å². The maximum absolute atomic E-state index is 5.80. The van der Waals surface area contributed by atoms with Crippen LogP contribution in [0.5, 0.6) is 0 Å². The van der Waals surface area contributed by atoms with Crippen LogP contribution in [0.15, 0.2) is 28.4 Å². The van der Waals surface area contributed by atoms with Crippen LogP contribution in [0.3, 0.4) is 0 Å². The summed E-state index contributed by atoms with van der Waals surface area (Å²) in [4.78, 5) is 0. The summed E-state index contributed by atoms with van der Waals surface area (Å²) >= 11 is 0. The molecule has 1 aromatic rings. The minimum atomic E-state index is 0.263. The van der Waals surface area contributed by atoms with E-state index in [9.17, 15) is 0 Å². The van der Waals surface area contributed by atoms with Gasteiger partial charge in [0, 0.05) is 18.2 Å². The van der Waals surface area contributed by atoms with Crippen molar-refractivity contribution in [1.82, 2.24) is 0 Å². The molecule has 3 heteroatoms. The molecule has 1 aliphatic heterocycles. The molecule has 0 fully saturated rings. The Kier molecular flexibility index (Phi) is 3.92. The molecule has 1 unspecified atom stereocenters. The van der Waals surface area contributed by atoms with Crippen LogP contribution in [0.25, 0.3) is 0 Å². The monoisotopic (exact) mass is 243 g/mol. The van der Waals surface area contributed by atoms with Gasteiger partial charge < -0.3 is 5.73 Å². The fourth-order valence-electron chi connectivity index (χ4n) is 2.16. The molecule has 18 heavy (non-hydrogen) atoms. The number of benzene rings is 1. The van der Waals surface area contributed by atoms with E-state index in [-0.39, 0.29) is 6.04 Å². The van der Waals surface area contributed by atoms with Crippen LogP contribution in [0.2, 0.25) is 0 Å². The largest absolute Gasteiger partial charge is 0.328 e. The molecule has 0 saturated carbocycles. The Morgan fingerprint density at radius 3 is 2.61 bits per heavy atom. The standard InChI is InChI=1S/C15H21N3/c1-10-8-14(15-9-12(3)17-18-15)7-6-13(10)5-4-11(2)16/h6-8,11H,4-5,9,16H2,1-3H3. The normalized spacial score (nSPS) is 16.4. The Labute approximate surface area is 109 Å². The Morgan fingerprint density at radius 2 is 2.06 bits per heavy atom. The summed E-state index contributed by atoms with van der Waals surface area (Å²) in [6, 6.07) is 6.82. The second kappa shape index (κ2) is 5.44. The van der Waals surface area contributed by atoms with Gasteiger partial charge in [-0.1, -0.05) is 12.1 Å². The summed E-state index contributed by atoms with van der Waals surface area (Å²) in [7, 11) is 0.